The summed E-state index contributed by atoms with van der Waals surface area (Å²) < 4.78 is 1.98. The van der Waals surface area contributed by atoms with E-state index in [-0.39, 0.29) is 0 Å². The number of para-hydroxylation sites is 1. The summed E-state index contributed by atoms with van der Waals surface area (Å²) in [6.07, 6.45) is 0. The summed E-state index contributed by atoms with van der Waals surface area (Å²) in [4.78, 5) is 4.68. The number of nitrogens with zero attached hydrogens (tertiary/aromatic N) is 4. The highest BCUT2D eigenvalue weighted by Crippen LogP contribution is 2.22. The molecule has 0 atom stereocenters. The lowest BCUT2D eigenvalue weighted by atomic mass is 9.80. The van der Waals surface area contributed by atoms with E-state index in [1.165, 1.54) is 0 Å². The van der Waals surface area contributed by atoms with E-state index in [9.17, 15) is 10.0 Å². The Morgan fingerprint density at radius 3 is 2.64 bits per heavy atom. The molecule has 2 aromatic carbocycles. The van der Waals surface area contributed by atoms with Gasteiger partial charge >= 0.3 is 7.12 Å². The Balaban J connectivity index is 1.64. The molecule has 0 fully saturated rings. The predicted octanol–water partition coefficient (Wildman–Crippen LogP) is 1.72. The third-order valence-electron chi connectivity index (χ3n) is 4.65. The fourth-order valence-electron chi connectivity index (χ4n) is 3.24. The number of nitrogens with one attached hydrogen (secondary N) is 1. The molecule has 2 aromatic heterocycles. The average molecular weight is 373 g/mol. The first-order valence-corrected chi connectivity index (χ1v) is 9.00. The van der Waals surface area contributed by atoms with E-state index in [2.05, 4.69) is 32.6 Å². The minimum Gasteiger partial charge on any atom is -0.423 e. The lowest BCUT2D eigenvalue weighted by Crippen LogP contribution is -2.30. The summed E-state index contributed by atoms with van der Waals surface area (Å²) in [5, 5.41) is 31.6. The van der Waals surface area contributed by atoms with Crippen LogP contribution in [-0.4, -0.2) is 36.9 Å². The monoisotopic (exact) mass is 373 g/mol. The number of aryl methyl sites for hydroxylation is 2. The van der Waals surface area contributed by atoms with Crippen molar-refractivity contribution in [3.8, 4) is 5.95 Å². The molecule has 0 aliphatic rings. The van der Waals surface area contributed by atoms with Crippen molar-refractivity contribution in [2.75, 3.05) is 5.32 Å². The summed E-state index contributed by atoms with van der Waals surface area (Å²) in [5.41, 5.74) is 4.11. The molecule has 3 N–H and O–H groups in total. The second kappa shape index (κ2) is 7.42. The zero-order valence-electron chi connectivity index (χ0n) is 15.7. The lowest BCUT2D eigenvalue weighted by Gasteiger charge is -2.11. The minimum absolute atomic E-state index is 0.451. The third-order valence-corrected chi connectivity index (χ3v) is 4.65. The number of hydrogen-bond acceptors (Lipinski definition) is 6. The van der Waals surface area contributed by atoms with Crippen LogP contribution in [0.3, 0.4) is 0 Å². The maximum absolute atomic E-state index is 9.33. The van der Waals surface area contributed by atoms with E-state index in [4.69, 9.17) is 0 Å². The molecule has 8 heteroatoms. The number of hydrogen-bond donors (Lipinski definition) is 3. The maximum atomic E-state index is 9.33. The number of benzene rings is 2. The molecule has 28 heavy (non-hydrogen) atoms. The van der Waals surface area contributed by atoms with Gasteiger partial charge in [0.15, 0.2) is 5.82 Å². The van der Waals surface area contributed by atoms with E-state index >= 15 is 0 Å². The Morgan fingerprint density at radius 1 is 1.00 bits per heavy atom. The molecule has 0 bridgehead atoms. The standard InChI is InChI=1S/C20H20BN5O2/c1-13-10-16-7-3-4-9-18(16)26(13)20-23-19(14(2)24-25-20)22-12-15-6-5-8-17(11-15)21(27)28/h3-11,27-28H,12H2,1-2H3,(H,22,23,25). The third kappa shape index (κ3) is 3.47. The molecule has 0 aliphatic heterocycles. The topological polar surface area (TPSA) is 96.1 Å². The smallest absolute Gasteiger partial charge is 0.423 e. The fraction of sp³-hybridized carbons (Fsp3) is 0.150. The molecule has 2 heterocycles. The molecular formula is C20H20BN5O2. The van der Waals surface area contributed by atoms with Crippen molar-refractivity contribution in [2.45, 2.75) is 20.4 Å². The molecule has 0 spiro atoms. The molecule has 0 saturated carbocycles. The van der Waals surface area contributed by atoms with Crippen LogP contribution in [0.25, 0.3) is 16.9 Å². The van der Waals surface area contributed by atoms with Crippen molar-refractivity contribution in [3.63, 3.8) is 0 Å². The Labute approximate surface area is 162 Å². The first kappa shape index (κ1) is 18.2. The van der Waals surface area contributed by atoms with E-state index in [1.54, 1.807) is 18.2 Å². The highest BCUT2D eigenvalue weighted by atomic mass is 16.4. The molecule has 0 unspecified atom stereocenters. The van der Waals surface area contributed by atoms with Crippen molar-refractivity contribution in [2.24, 2.45) is 0 Å². The van der Waals surface area contributed by atoms with Crippen LogP contribution in [0.5, 0.6) is 0 Å². The summed E-state index contributed by atoms with van der Waals surface area (Å²) in [7, 11) is -1.49. The van der Waals surface area contributed by atoms with Crippen LogP contribution in [-0.2, 0) is 6.54 Å². The van der Waals surface area contributed by atoms with E-state index in [0.29, 0.717) is 29.5 Å². The van der Waals surface area contributed by atoms with Gasteiger partial charge in [-0.3, -0.25) is 4.57 Å². The number of aromatic nitrogens is 4. The minimum atomic E-state index is -1.49. The molecular weight excluding hydrogens is 353 g/mol. The van der Waals surface area contributed by atoms with Crippen molar-refractivity contribution in [3.05, 3.63) is 71.5 Å². The van der Waals surface area contributed by atoms with Gasteiger partial charge in [0, 0.05) is 17.6 Å². The SMILES string of the molecule is Cc1nnc(-n2c(C)cc3ccccc32)nc1NCc1cccc(B(O)O)c1. The summed E-state index contributed by atoms with van der Waals surface area (Å²) in [6, 6.07) is 17.3. The molecule has 0 saturated heterocycles. The molecule has 0 radical (unpaired) electrons. The zero-order valence-corrected chi connectivity index (χ0v) is 15.7. The van der Waals surface area contributed by atoms with Crippen LogP contribution in [0.4, 0.5) is 5.82 Å². The van der Waals surface area contributed by atoms with Gasteiger partial charge in [0.25, 0.3) is 5.95 Å². The Kier molecular flexibility index (Phi) is 4.81. The second-order valence-corrected chi connectivity index (χ2v) is 6.70. The van der Waals surface area contributed by atoms with Gasteiger partial charge < -0.3 is 15.4 Å². The van der Waals surface area contributed by atoms with Crippen molar-refractivity contribution < 1.29 is 10.0 Å². The Morgan fingerprint density at radius 2 is 1.82 bits per heavy atom. The molecule has 140 valence electrons. The molecule has 0 aliphatic carbocycles. The highest BCUT2D eigenvalue weighted by Gasteiger charge is 2.13. The summed E-state index contributed by atoms with van der Waals surface area (Å²) >= 11 is 0. The van der Waals surface area contributed by atoms with Crippen molar-refractivity contribution in [1.29, 1.82) is 0 Å². The first-order valence-electron chi connectivity index (χ1n) is 9.00. The Hall–Kier alpha value is -3.23. The summed E-state index contributed by atoms with van der Waals surface area (Å²) in [6.45, 7) is 4.34. The fourth-order valence-corrected chi connectivity index (χ4v) is 3.24. The molecule has 4 aromatic rings. The Bertz CT molecular complexity index is 1140. The largest absolute Gasteiger partial charge is 0.488 e. The predicted molar refractivity (Wildman–Crippen MR) is 110 cm³/mol. The molecule has 4 rings (SSSR count). The molecule has 0 amide bonds. The molecule has 7 nitrogen and oxygen atoms in total. The van der Waals surface area contributed by atoms with E-state index in [0.717, 1.165) is 22.2 Å². The van der Waals surface area contributed by atoms with Crippen LogP contribution < -0.4 is 10.8 Å². The normalized spacial score (nSPS) is 11.0. The van der Waals surface area contributed by atoms with Gasteiger partial charge in [-0.2, -0.15) is 4.98 Å². The van der Waals surface area contributed by atoms with Gasteiger partial charge in [0.2, 0.25) is 0 Å². The van der Waals surface area contributed by atoms with E-state index in [1.807, 2.05) is 42.7 Å². The zero-order chi connectivity index (χ0) is 19.7. The van der Waals surface area contributed by atoms with Gasteiger partial charge in [-0.05, 0) is 37.0 Å². The highest BCUT2D eigenvalue weighted by molar-refractivity contribution is 6.58. The van der Waals surface area contributed by atoms with Crippen molar-refractivity contribution in [1.82, 2.24) is 19.7 Å². The average Bonchev–Trinajstić information content (AvgIpc) is 3.03. The summed E-state index contributed by atoms with van der Waals surface area (Å²) in [5.74, 6) is 1.14. The number of rotatable bonds is 5. The maximum Gasteiger partial charge on any atom is 0.488 e. The van der Waals surface area contributed by atoms with Crippen LogP contribution in [0, 0.1) is 13.8 Å². The van der Waals surface area contributed by atoms with Gasteiger partial charge in [-0.25, -0.2) is 0 Å². The van der Waals surface area contributed by atoms with Crippen LogP contribution >= 0.6 is 0 Å². The number of fused-ring (bicyclic) bond motifs is 1. The lowest BCUT2D eigenvalue weighted by molar-refractivity contribution is 0.425. The van der Waals surface area contributed by atoms with Gasteiger partial charge in [-0.15, -0.1) is 10.2 Å². The quantitative estimate of drug-likeness (QED) is 0.461. The van der Waals surface area contributed by atoms with Crippen LogP contribution in [0.2, 0.25) is 0 Å². The van der Waals surface area contributed by atoms with Crippen LogP contribution in [0.15, 0.2) is 54.6 Å². The van der Waals surface area contributed by atoms with E-state index < -0.39 is 7.12 Å². The number of anilines is 1. The van der Waals surface area contributed by atoms with Gasteiger partial charge in [0.05, 0.1) is 5.52 Å². The first-order chi connectivity index (χ1) is 13.5. The van der Waals surface area contributed by atoms with Crippen LogP contribution in [0.1, 0.15) is 17.0 Å². The van der Waals surface area contributed by atoms with Gasteiger partial charge in [0.1, 0.15) is 5.69 Å². The van der Waals surface area contributed by atoms with Gasteiger partial charge in [-0.1, -0.05) is 42.5 Å². The van der Waals surface area contributed by atoms with Crippen molar-refractivity contribution >= 4 is 29.3 Å². The second-order valence-electron chi connectivity index (χ2n) is 6.70.